The van der Waals surface area contributed by atoms with E-state index in [2.05, 4.69) is 4.90 Å². The minimum atomic E-state index is 0.143. The van der Waals surface area contributed by atoms with E-state index < -0.39 is 0 Å². The number of carbonyl (C=O) groups is 1. The van der Waals surface area contributed by atoms with Gasteiger partial charge in [0.05, 0.1) is 12.1 Å². The van der Waals surface area contributed by atoms with Gasteiger partial charge < -0.3 is 4.42 Å². The van der Waals surface area contributed by atoms with Gasteiger partial charge in [-0.05, 0) is 25.3 Å². The lowest BCUT2D eigenvalue weighted by atomic mass is 10.1. The molecule has 2 aromatic rings. The average Bonchev–Trinajstić information content (AvgIpc) is 3.08. The van der Waals surface area contributed by atoms with Crippen LogP contribution in [0.4, 0.5) is 0 Å². The van der Waals surface area contributed by atoms with E-state index in [-0.39, 0.29) is 5.78 Å². The molecule has 0 N–H and O–H groups in total. The number of Topliss-reactive ketones (excluding diaryl/α,β-unsaturated/α-hetero) is 1. The third kappa shape index (κ3) is 2.55. The van der Waals surface area contributed by atoms with Crippen LogP contribution in [0.2, 0.25) is 0 Å². The number of carbonyl (C=O) groups excluding carboxylic acids is 1. The highest BCUT2D eigenvalue weighted by Gasteiger charge is 2.23. The summed E-state index contributed by atoms with van der Waals surface area (Å²) in [7, 11) is 2.04. The Morgan fingerprint density at radius 2 is 2.32 bits per heavy atom. The molecular weight excluding hydrogens is 258 g/mol. The van der Waals surface area contributed by atoms with Crippen LogP contribution in [0.1, 0.15) is 16.8 Å². The molecule has 4 heteroatoms. The van der Waals surface area contributed by atoms with E-state index in [9.17, 15) is 4.79 Å². The van der Waals surface area contributed by atoms with Crippen LogP contribution in [-0.2, 0) is 0 Å². The molecule has 1 aliphatic heterocycles. The van der Waals surface area contributed by atoms with Crippen LogP contribution < -0.4 is 0 Å². The van der Waals surface area contributed by atoms with Gasteiger partial charge in [-0.3, -0.25) is 9.69 Å². The minimum Gasteiger partial charge on any atom is -0.464 e. The molecule has 1 aromatic carbocycles. The normalized spacial score (nSPS) is 19.4. The lowest BCUT2D eigenvalue weighted by molar-refractivity contribution is 0.0927. The molecule has 3 nitrogen and oxygen atoms in total. The Morgan fingerprint density at radius 1 is 1.47 bits per heavy atom. The minimum absolute atomic E-state index is 0.143. The van der Waals surface area contributed by atoms with Crippen LogP contribution in [0.3, 0.4) is 0 Å². The number of nitrogens with zero attached hydrogens (tertiary/aromatic N) is 1. The van der Waals surface area contributed by atoms with E-state index in [0.29, 0.717) is 18.2 Å². The van der Waals surface area contributed by atoms with Gasteiger partial charge in [0.15, 0.2) is 5.78 Å². The number of hydrogen-bond donors (Lipinski definition) is 0. The zero-order valence-electron chi connectivity index (χ0n) is 11.0. The third-order valence-corrected chi connectivity index (χ3v) is 4.85. The fourth-order valence-electron chi connectivity index (χ4n) is 2.50. The van der Waals surface area contributed by atoms with E-state index >= 15 is 0 Å². The number of furan rings is 1. The van der Waals surface area contributed by atoms with Gasteiger partial charge in [0, 0.05) is 17.2 Å². The number of fused-ring (bicyclic) bond motifs is 1. The van der Waals surface area contributed by atoms with Gasteiger partial charge in [-0.1, -0.05) is 18.2 Å². The number of thioether (sulfide) groups is 1. The van der Waals surface area contributed by atoms with Crippen molar-refractivity contribution in [1.82, 2.24) is 4.90 Å². The number of benzene rings is 1. The number of ketones is 1. The summed E-state index contributed by atoms with van der Waals surface area (Å²) in [6.45, 7) is 0.467. The monoisotopic (exact) mass is 275 g/mol. The second-order valence-corrected chi connectivity index (χ2v) is 6.15. The largest absolute Gasteiger partial charge is 0.464 e. The molecule has 0 amide bonds. The fraction of sp³-hybridized carbons (Fsp3) is 0.400. The predicted octanol–water partition coefficient (Wildman–Crippen LogP) is 3.05. The first-order valence-electron chi connectivity index (χ1n) is 6.53. The van der Waals surface area contributed by atoms with E-state index in [1.54, 1.807) is 6.26 Å². The summed E-state index contributed by atoms with van der Waals surface area (Å²) in [5.74, 6) is 2.48. The highest BCUT2D eigenvalue weighted by Crippen LogP contribution is 2.24. The molecule has 1 fully saturated rings. The highest BCUT2D eigenvalue weighted by molar-refractivity contribution is 7.99. The molecule has 1 aliphatic rings. The molecule has 1 saturated heterocycles. The van der Waals surface area contributed by atoms with Crippen molar-refractivity contribution in [3.05, 3.63) is 36.1 Å². The van der Waals surface area contributed by atoms with Crippen LogP contribution in [0, 0.1) is 0 Å². The van der Waals surface area contributed by atoms with Gasteiger partial charge >= 0.3 is 0 Å². The Hall–Kier alpha value is -1.26. The first-order chi connectivity index (χ1) is 9.25. The van der Waals surface area contributed by atoms with Gasteiger partial charge in [0.2, 0.25) is 0 Å². The van der Waals surface area contributed by atoms with Crippen LogP contribution in [-0.4, -0.2) is 41.8 Å². The summed E-state index contributed by atoms with van der Waals surface area (Å²) < 4.78 is 5.43. The average molecular weight is 275 g/mol. The molecule has 0 radical (unpaired) electrons. The lowest BCUT2D eigenvalue weighted by Gasteiger charge is -2.22. The third-order valence-electron chi connectivity index (χ3n) is 3.70. The van der Waals surface area contributed by atoms with Crippen molar-refractivity contribution in [3.8, 4) is 0 Å². The zero-order valence-corrected chi connectivity index (χ0v) is 11.8. The summed E-state index contributed by atoms with van der Waals surface area (Å²) >= 11 is 1.97. The molecule has 0 bridgehead atoms. The second-order valence-electron chi connectivity index (χ2n) is 5.00. The SMILES string of the molecule is CN(CC(=O)c1coc2ccccc12)C1CCSC1. The number of rotatable bonds is 4. The smallest absolute Gasteiger partial charge is 0.180 e. The van der Waals surface area contributed by atoms with Crippen molar-refractivity contribution in [3.63, 3.8) is 0 Å². The Labute approximate surface area is 117 Å². The molecule has 1 aromatic heterocycles. The number of likely N-dealkylation sites (N-methyl/N-ethyl adjacent to an activating group) is 1. The van der Waals surface area contributed by atoms with Crippen molar-refractivity contribution < 1.29 is 9.21 Å². The van der Waals surface area contributed by atoms with Crippen molar-refractivity contribution in [2.75, 3.05) is 25.1 Å². The van der Waals surface area contributed by atoms with Gasteiger partial charge in [-0.2, -0.15) is 11.8 Å². The summed E-state index contributed by atoms with van der Waals surface area (Å²) in [4.78, 5) is 14.5. The van der Waals surface area contributed by atoms with Crippen LogP contribution in [0.25, 0.3) is 11.0 Å². The zero-order chi connectivity index (χ0) is 13.2. The summed E-state index contributed by atoms with van der Waals surface area (Å²) in [5, 5.41) is 0.918. The molecule has 0 aliphatic carbocycles. The maximum atomic E-state index is 12.4. The van der Waals surface area contributed by atoms with Crippen molar-refractivity contribution in [1.29, 1.82) is 0 Å². The lowest BCUT2D eigenvalue weighted by Crippen LogP contribution is -2.35. The van der Waals surface area contributed by atoms with Gasteiger partial charge in [0.1, 0.15) is 11.8 Å². The van der Waals surface area contributed by atoms with Gasteiger partial charge in [0.25, 0.3) is 0 Å². The topological polar surface area (TPSA) is 33.5 Å². The quantitative estimate of drug-likeness (QED) is 0.803. The first-order valence-corrected chi connectivity index (χ1v) is 7.68. The van der Waals surface area contributed by atoms with Crippen LogP contribution in [0.5, 0.6) is 0 Å². The van der Waals surface area contributed by atoms with E-state index in [4.69, 9.17) is 4.42 Å². The molecule has 0 spiro atoms. The molecular formula is C15H17NO2S. The predicted molar refractivity (Wildman–Crippen MR) is 78.9 cm³/mol. The Morgan fingerprint density at radius 3 is 3.11 bits per heavy atom. The van der Waals surface area contributed by atoms with Crippen molar-refractivity contribution in [2.24, 2.45) is 0 Å². The Bertz CT molecular complexity index is 587. The van der Waals surface area contributed by atoms with Crippen molar-refractivity contribution in [2.45, 2.75) is 12.5 Å². The summed E-state index contributed by atoms with van der Waals surface area (Å²) in [6.07, 6.45) is 2.77. The van der Waals surface area contributed by atoms with Gasteiger partial charge in [-0.15, -0.1) is 0 Å². The first kappa shape index (κ1) is 12.8. The summed E-state index contributed by atoms with van der Waals surface area (Å²) in [6, 6.07) is 8.22. The maximum absolute atomic E-state index is 12.4. The number of para-hydroxylation sites is 1. The van der Waals surface area contributed by atoms with Crippen molar-refractivity contribution >= 4 is 28.5 Å². The molecule has 3 rings (SSSR count). The molecule has 1 atom stereocenters. The molecule has 100 valence electrons. The Balaban J connectivity index is 1.76. The van der Waals surface area contributed by atoms with E-state index in [0.717, 1.165) is 16.7 Å². The maximum Gasteiger partial charge on any atom is 0.180 e. The highest BCUT2D eigenvalue weighted by atomic mass is 32.2. The van der Waals surface area contributed by atoms with Gasteiger partial charge in [-0.25, -0.2) is 0 Å². The molecule has 0 saturated carbocycles. The standard InChI is InChI=1S/C15H17NO2S/c1-16(11-6-7-19-10-11)8-14(17)13-9-18-15-5-3-2-4-12(13)15/h2-5,9,11H,6-8,10H2,1H3. The summed E-state index contributed by atoms with van der Waals surface area (Å²) in [5.41, 5.74) is 1.48. The van der Waals surface area contributed by atoms with Crippen LogP contribution >= 0.6 is 11.8 Å². The fourth-order valence-corrected chi connectivity index (χ4v) is 3.80. The second kappa shape index (κ2) is 5.39. The molecule has 2 heterocycles. The van der Waals surface area contributed by atoms with Crippen LogP contribution in [0.15, 0.2) is 34.9 Å². The Kier molecular flexibility index (Phi) is 3.62. The molecule has 1 unspecified atom stereocenters. The van der Waals surface area contributed by atoms with E-state index in [1.807, 2.05) is 43.1 Å². The molecule has 19 heavy (non-hydrogen) atoms. The van der Waals surface area contributed by atoms with E-state index in [1.165, 1.54) is 12.2 Å². The number of hydrogen-bond acceptors (Lipinski definition) is 4.